The molecule has 23 heavy (non-hydrogen) atoms. The molecule has 0 atom stereocenters. The number of thioether (sulfide) groups is 1. The van der Waals surface area contributed by atoms with E-state index < -0.39 is 5.97 Å². The highest BCUT2D eigenvalue weighted by atomic mass is 35.5. The minimum absolute atomic E-state index is 0.106. The third-order valence-corrected chi connectivity index (χ3v) is 3.97. The van der Waals surface area contributed by atoms with E-state index in [0.29, 0.717) is 33.7 Å². The molecule has 0 spiro atoms. The lowest BCUT2D eigenvalue weighted by Crippen LogP contribution is -1.95. The first-order valence-electron chi connectivity index (χ1n) is 6.65. The lowest BCUT2D eigenvalue weighted by molar-refractivity contribution is -0.137. The number of ether oxygens (including phenoxy) is 1. The summed E-state index contributed by atoms with van der Waals surface area (Å²) in [4.78, 5) is 10.4. The maximum absolute atomic E-state index is 10.4. The van der Waals surface area contributed by atoms with Crippen LogP contribution in [-0.2, 0) is 4.79 Å². The highest BCUT2D eigenvalue weighted by Crippen LogP contribution is 2.35. The normalized spacial score (nSPS) is 10.3. The summed E-state index contributed by atoms with van der Waals surface area (Å²) in [7, 11) is 0. The predicted octanol–water partition coefficient (Wildman–Crippen LogP) is 3.36. The average Bonchev–Trinajstić information content (AvgIpc) is 2.99. The number of terminal acetylenes is 1. The van der Waals surface area contributed by atoms with Gasteiger partial charge in [-0.1, -0.05) is 35.3 Å². The van der Waals surface area contributed by atoms with Crippen LogP contribution in [0.2, 0.25) is 5.02 Å². The van der Waals surface area contributed by atoms with E-state index in [1.165, 1.54) is 11.8 Å². The van der Waals surface area contributed by atoms with Gasteiger partial charge in [0.1, 0.15) is 12.4 Å². The van der Waals surface area contributed by atoms with Crippen LogP contribution in [0.25, 0.3) is 11.5 Å². The van der Waals surface area contributed by atoms with Gasteiger partial charge >= 0.3 is 5.97 Å². The Labute approximate surface area is 142 Å². The van der Waals surface area contributed by atoms with Crippen molar-refractivity contribution in [2.45, 2.75) is 18.1 Å². The van der Waals surface area contributed by atoms with E-state index in [1.54, 1.807) is 18.2 Å². The molecular formula is C15H13ClN2O4S. The zero-order valence-corrected chi connectivity index (χ0v) is 13.6. The molecule has 0 aliphatic rings. The topological polar surface area (TPSA) is 85.5 Å². The van der Waals surface area contributed by atoms with Crippen LogP contribution in [0, 0.1) is 12.3 Å². The number of hydrogen-bond acceptors (Lipinski definition) is 6. The molecule has 8 heteroatoms. The Kier molecular flexibility index (Phi) is 6.32. The lowest BCUT2D eigenvalue weighted by Gasteiger charge is -2.06. The van der Waals surface area contributed by atoms with Crippen molar-refractivity contribution in [3.63, 3.8) is 0 Å². The first-order chi connectivity index (χ1) is 11.1. The quantitative estimate of drug-likeness (QED) is 0.443. The first kappa shape index (κ1) is 17.2. The second kappa shape index (κ2) is 8.46. The molecule has 0 unspecified atom stereocenters. The van der Waals surface area contributed by atoms with Gasteiger partial charge in [0.05, 0.1) is 10.6 Å². The molecule has 1 aromatic carbocycles. The number of carboxylic acids is 1. The Hall–Kier alpha value is -2.17. The number of halogens is 1. The molecule has 1 heterocycles. The van der Waals surface area contributed by atoms with Crippen molar-refractivity contribution in [2.75, 3.05) is 12.4 Å². The first-order valence-corrected chi connectivity index (χ1v) is 8.01. The minimum Gasteiger partial charge on any atom is -0.481 e. The Morgan fingerprint density at radius 3 is 3.04 bits per heavy atom. The fraction of sp³-hybridized carbons (Fsp3) is 0.267. The third-order valence-electron chi connectivity index (χ3n) is 2.67. The number of carbonyl (C=O) groups is 1. The Balaban J connectivity index is 2.05. The van der Waals surface area contributed by atoms with Crippen molar-refractivity contribution in [1.82, 2.24) is 10.2 Å². The second-order valence-corrected chi connectivity index (χ2v) is 5.75. The van der Waals surface area contributed by atoms with Gasteiger partial charge in [-0.05, 0) is 18.6 Å². The van der Waals surface area contributed by atoms with Crippen LogP contribution in [0.5, 0.6) is 5.75 Å². The molecule has 120 valence electrons. The Morgan fingerprint density at radius 2 is 2.30 bits per heavy atom. The fourth-order valence-corrected chi connectivity index (χ4v) is 2.63. The number of rotatable bonds is 8. The van der Waals surface area contributed by atoms with Gasteiger partial charge < -0.3 is 14.3 Å². The molecule has 1 aromatic heterocycles. The SMILES string of the molecule is C#CCOc1cccc(-c2nnc(SCCCC(=O)O)o2)c1Cl. The summed E-state index contributed by atoms with van der Waals surface area (Å²) in [5, 5.41) is 17.1. The molecule has 0 bridgehead atoms. The number of hydrogen-bond donors (Lipinski definition) is 1. The molecule has 0 fully saturated rings. The summed E-state index contributed by atoms with van der Waals surface area (Å²) in [6.45, 7) is 0.109. The van der Waals surface area contributed by atoms with Crippen molar-refractivity contribution in [1.29, 1.82) is 0 Å². The number of carboxylic acid groups (broad SMARTS) is 1. The van der Waals surface area contributed by atoms with E-state index in [9.17, 15) is 4.79 Å². The summed E-state index contributed by atoms with van der Waals surface area (Å²) in [6, 6.07) is 5.18. The molecule has 2 aromatic rings. The maximum atomic E-state index is 10.4. The predicted molar refractivity (Wildman–Crippen MR) is 86.7 cm³/mol. The molecule has 0 radical (unpaired) electrons. The van der Waals surface area contributed by atoms with Gasteiger partial charge in [0.15, 0.2) is 0 Å². The van der Waals surface area contributed by atoms with Crippen LogP contribution in [-0.4, -0.2) is 33.6 Å². The highest BCUT2D eigenvalue weighted by Gasteiger charge is 2.15. The molecule has 1 N–H and O–H groups in total. The fourth-order valence-electron chi connectivity index (χ4n) is 1.67. The second-order valence-electron chi connectivity index (χ2n) is 4.33. The van der Waals surface area contributed by atoms with Crippen molar-refractivity contribution in [3.05, 3.63) is 23.2 Å². The van der Waals surface area contributed by atoms with E-state index >= 15 is 0 Å². The molecule has 0 aliphatic carbocycles. The van der Waals surface area contributed by atoms with Crippen molar-refractivity contribution < 1.29 is 19.1 Å². The number of aliphatic carboxylic acids is 1. The van der Waals surface area contributed by atoms with E-state index in [1.807, 2.05) is 0 Å². The molecule has 0 aliphatic heterocycles. The zero-order chi connectivity index (χ0) is 16.7. The monoisotopic (exact) mass is 352 g/mol. The molecule has 2 rings (SSSR count). The van der Waals surface area contributed by atoms with Crippen LogP contribution in [0.15, 0.2) is 27.8 Å². The Bertz CT molecular complexity index is 727. The minimum atomic E-state index is -0.826. The molecule has 0 saturated heterocycles. The highest BCUT2D eigenvalue weighted by molar-refractivity contribution is 7.99. The van der Waals surface area contributed by atoms with Gasteiger partial charge in [-0.3, -0.25) is 4.79 Å². The van der Waals surface area contributed by atoms with E-state index in [-0.39, 0.29) is 18.9 Å². The molecule has 6 nitrogen and oxygen atoms in total. The van der Waals surface area contributed by atoms with Crippen LogP contribution in [0.4, 0.5) is 0 Å². The van der Waals surface area contributed by atoms with Gasteiger partial charge in [-0.25, -0.2) is 0 Å². The summed E-state index contributed by atoms with van der Waals surface area (Å²) in [5.41, 5.74) is 0.547. The smallest absolute Gasteiger partial charge is 0.303 e. The summed E-state index contributed by atoms with van der Waals surface area (Å²) in [5.74, 6) is 2.82. The molecule has 0 amide bonds. The van der Waals surface area contributed by atoms with Crippen LogP contribution in [0.1, 0.15) is 12.8 Å². The van der Waals surface area contributed by atoms with E-state index in [4.69, 9.17) is 32.3 Å². The van der Waals surface area contributed by atoms with Crippen LogP contribution in [0.3, 0.4) is 0 Å². The maximum Gasteiger partial charge on any atom is 0.303 e. The largest absolute Gasteiger partial charge is 0.481 e. The number of benzene rings is 1. The van der Waals surface area contributed by atoms with Crippen LogP contribution >= 0.6 is 23.4 Å². The van der Waals surface area contributed by atoms with Crippen molar-refractivity contribution >= 4 is 29.3 Å². The lowest BCUT2D eigenvalue weighted by atomic mass is 10.2. The van der Waals surface area contributed by atoms with Gasteiger partial charge in [-0.2, -0.15) is 0 Å². The summed E-state index contributed by atoms with van der Waals surface area (Å²) >= 11 is 7.55. The van der Waals surface area contributed by atoms with Gasteiger partial charge in [0, 0.05) is 12.2 Å². The summed E-state index contributed by atoms with van der Waals surface area (Å²) < 4.78 is 10.9. The van der Waals surface area contributed by atoms with Gasteiger partial charge in [0.2, 0.25) is 5.89 Å². The van der Waals surface area contributed by atoms with Crippen LogP contribution < -0.4 is 4.74 Å². The summed E-state index contributed by atoms with van der Waals surface area (Å²) in [6.07, 6.45) is 5.78. The molecule has 0 saturated carbocycles. The average molecular weight is 353 g/mol. The molecular weight excluding hydrogens is 340 g/mol. The van der Waals surface area contributed by atoms with Crippen molar-refractivity contribution in [2.24, 2.45) is 0 Å². The van der Waals surface area contributed by atoms with Gasteiger partial charge in [-0.15, -0.1) is 16.6 Å². The zero-order valence-electron chi connectivity index (χ0n) is 12.0. The third kappa shape index (κ3) is 4.91. The standard InChI is InChI=1S/C15H13ClN2O4S/c1-2-8-21-11-6-3-5-10(13(11)16)14-17-18-15(22-14)23-9-4-7-12(19)20/h1,3,5-6H,4,7-9H2,(H,19,20). The number of aromatic nitrogens is 2. The number of nitrogens with zero attached hydrogens (tertiary/aromatic N) is 2. The van der Waals surface area contributed by atoms with E-state index in [0.717, 1.165) is 0 Å². The Morgan fingerprint density at radius 1 is 1.48 bits per heavy atom. The van der Waals surface area contributed by atoms with Gasteiger partial charge in [0.25, 0.3) is 5.22 Å². The van der Waals surface area contributed by atoms with Crippen molar-refractivity contribution in [3.8, 4) is 29.5 Å². The van der Waals surface area contributed by atoms with E-state index in [2.05, 4.69) is 16.1 Å².